The molecule has 0 radical (unpaired) electrons. The van der Waals surface area contributed by atoms with Crippen LogP contribution in [-0.4, -0.2) is 53.4 Å². The lowest BCUT2D eigenvalue weighted by Crippen LogP contribution is -2.38. The lowest BCUT2D eigenvalue weighted by Gasteiger charge is -2.34. The molecule has 6 rings (SSSR count). The first kappa shape index (κ1) is 22.5. The molecular weight excluding hydrogens is 457 g/mol. The van der Waals surface area contributed by atoms with Crippen LogP contribution in [0.4, 0.5) is 4.39 Å². The van der Waals surface area contributed by atoms with E-state index < -0.39 is 0 Å². The van der Waals surface area contributed by atoms with Gasteiger partial charge in [-0.05, 0) is 96.1 Å². The molecule has 4 heterocycles. The van der Waals surface area contributed by atoms with Gasteiger partial charge in [0.05, 0.1) is 0 Å². The average molecular weight is 488 g/mol. The van der Waals surface area contributed by atoms with Crippen LogP contribution < -0.4 is 0 Å². The number of amides is 1. The number of hydrogen-bond donors (Lipinski definition) is 1. The topological polar surface area (TPSA) is 39.3 Å². The maximum absolute atomic E-state index is 13.6. The smallest absolute Gasteiger partial charge is 0.254 e. The maximum Gasteiger partial charge on any atom is 0.254 e. The van der Waals surface area contributed by atoms with E-state index in [1.54, 1.807) is 23.5 Å². The molecule has 2 aliphatic heterocycles. The molecule has 4 nitrogen and oxygen atoms in total. The van der Waals surface area contributed by atoms with Crippen LogP contribution >= 0.6 is 11.3 Å². The maximum atomic E-state index is 13.6. The molecule has 1 N–H and O–H groups in total. The second-order valence-electron chi connectivity index (χ2n) is 10.0. The number of halogens is 1. The van der Waals surface area contributed by atoms with Gasteiger partial charge in [-0.25, -0.2) is 4.39 Å². The number of aromatic amines is 1. The predicted molar refractivity (Wildman–Crippen MR) is 140 cm³/mol. The number of benzene rings is 2. The molecular formula is C29H30FN3OS. The highest BCUT2D eigenvalue weighted by molar-refractivity contribution is 7.08. The normalized spacial score (nSPS) is 21.7. The van der Waals surface area contributed by atoms with E-state index in [0.29, 0.717) is 17.8 Å². The van der Waals surface area contributed by atoms with E-state index in [0.717, 1.165) is 62.0 Å². The fourth-order valence-corrected chi connectivity index (χ4v) is 6.77. The molecule has 4 aromatic rings. The summed E-state index contributed by atoms with van der Waals surface area (Å²) in [7, 11) is 0. The molecule has 2 aliphatic rings. The van der Waals surface area contributed by atoms with E-state index in [-0.39, 0.29) is 11.7 Å². The zero-order chi connectivity index (χ0) is 23.8. The Labute approximate surface area is 209 Å². The molecule has 35 heavy (non-hydrogen) atoms. The van der Waals surface area contributed by atoms with E-state index in [1.807, 2.05) is 42.6 Å². The van der Waals surface area contributed by atoms with Crippen LogP contribution in [-0.2, 0) is 0 Å². The number of fused-ring (bicyclic) bond motifs is 1. The van der Waals surface area contributed by atoms with Crippen LogP contribution in [0.15, 0.2) is 71.6 Å². The van der Waals surface area contributed by atoms with Gasteiger partial charge in [0, 0.05) is 48.2 Å². The first-order chi connectivity index (χ1) is 17.2. The Hall–Kier alpha value is -2.96. The van der Waals surface area contributed by atoms with Gasteiger partial charge in [-0.3, -0.25) is 4.79 Å². The number of H-pyrrole nitrogens is 1. The van der Waals surface area contributed by atoms with E-state index in [2.05, 4.69) is 31.6 Å². The Balaban J connectivity index is 1.16. The van der Waals surface area contributed by atoms with Gasteiger partial charge in [0.25, 0.3) is 5.91 Å². The fraction of sp³-hybridized carbons (Fsp3) is 0.345. The second kappa shape index (κ2) is 9.59. The van der Waals surface area contributed by atoms with Crippen molar-refractivity contribution in [1.82, 2.24) is 14.8 Å². The SMILES string of the molecule is O=C(c1cccc2[nH]ccc12)N1CC(CN2CCC(c3ccc(F)cc3)CC2)C(c2ccsc2)C1. The van der Waals surface area contributed by atoms with Crippen molar-refractivity contribution in [3.8, 4) is 0 Å². The molecule has 2 aromatic carbocycles. The van der Waals surface area contributed by atoms with Crippen molar-refractivity contribution in [2.45, 2.75) is 24.7 Å². The summed E-state index contributed by atoms with van der Waals surface area (Å²) in [5.74, 6) is 1.25. The molecule has 0 aliphatic carbocycles. The zero-order valence-electron chi connectivity index (χ0n) is 19.7. The molecule has 2 aromatic heterocycles. The zero-order valence-corrected chi connectivity index (χ0v) is 20.5. The summed E-state index contributed by atoms with van der Waals surface area (Å²) in [5.41, 5.74) is 4.40. The van der Waals surface area contributed by atoms with E-state index in [4.69, 9.17) is 0 Å². The number of nitrogens with one attached hydrogen (secondary N) is 1. The molecule has 0 bridgehead atoms. The van der Waals surface area contributed by atoms with Gasteiger partial charge in [-0.2, -0.15) is 11.3 Å². The standard InChI is InChI=1S/C29H30FN3OS/c30-24-6-4-20(5-7-24)21-9-13-32(14-10-21)16-23-17-33(18-27(23)22-11-15-35-19-22)29(34)26-2-1-3-28-25(26)8-12-31-28/h1-8,11-12,15,19,21,23,27,31H,9-10,13-14,16-18H2. The van der Waals surface area contributed by atoms with E-state index in [1.165, 1.54) is 11.1 Å². The minimum absolute atomic E-state index is 0.132. The summed E-state index contributed by atoms with van der Waals surface area (Å²) in [6.07, 6.45) is 4.09. The van der Waals surface area contributed by atoms with Crippen LogP contribution in [0.1, 0.15) is 46.2 Å². The molecule has 2 fully saturated rings. The van der Waals surface area contributed by atoms with Gasteiger partial charge in [0.15, 0.2) is 0 Å². The number of carbonyl (C=O) groups excluding carboxylic acids is 1. The van der Waals surface area contributed by atoms with Crippen molar-refractivity contribution in [2.75, 3.05) is 32.7 Å². The number of nitrogens with zero attached hydrogens (tertiary/aromatic N) is 2. The molecule has 2 unspecified atom stereocenters. The summed E-state index contributed by atoms with van der Waals surface area (Å²) < 4.78 is 13.3. The van der Waals surface area contributed by atoms with Crippen molar-refractivity contribution in [2.24, 2.45) is 5.92 Å². The largest absolute Gasteiger partial charge is 0.361 e. The highest BCUT2D eigenvalue weighted by Gasteiger charge is 2.38. The highest BCUT2D eigenvalue weighted by atomic mass is 32.1. The van der Waals surface area contributed by atoms with Crippen molar-refractivity contribution in [3.05, 3.63) is 94.1 Å². The number of rotatable bonds is 5. The van der Waals surface area contributed by atoms with Gasteiger partial charge in [-0.15, -0.1) is 0 Å². The first-order valence-electron chi connectivity index (χ1n) is 12.5. The van der Waals surface area contributed by atoms with Gasteiger partial charge in [0.2, 0.25) is 0 Å². The predicted octanol–water partition coefficient (Wildman–Crippen LogP) is 6.10. The van der Waals surface area contributed by atoms with Gasteiger partial charge in [-0.1, -0.05) is 18.2 Å². The number of hydrogen-bond acceptors (Lipinski definition) is 3. The van der Waals surface area contributed by atoms with Gasteiger partial charge < -0.3 is 14.8 Å². The van der Waals surface area contributed by atoms with Crippen LogP contribution in [0.5, 0.6) is 0 Å². The molecule has 0 saturated carbocycles. The van der Waals surface area contributed by atoms with Crippen molar-refractivity contribution in [1.29, 1.82) is 0 Å². The Morgan fingerprint density at radius 2 is 1.83 bits per heavy atom. The lowest BCUT2D eigenvalue weighted by molar-refractivity contribution is 0.0783. The molecule has 0 spiro atoms. The molecule has 180 valence electrons. The third kappa shape index (κ3) is 4.53. The van der Waals surface area contributed by atoms with E-state index >= 15 is 0 Å². The number of likely N-dealkylation sites (tertiary alicyclic amines) is 2. The Morgan fingerprint density at radius 1 is 1.00 bits per heavy atom. The lowest BCUT2D eigenvalue weighted by atomic mass is 9.87. The molecule has 2 atom stereocenters. The van der Waals surface area contributed by atoms with E-state index in [9.17, 15) is 9.18 Å². The summed E-state index contributed by atoms with van der Waals surface area (Å²) in [6.45, 7) is 4.66. The van der Waals surface area contributed by atoms with Crippen molar-refractivity contribution < 1.29 is 9.18 Å². The highest BCUT2D eigenvalue weighted by Crippen LogP contribution is 2.37. The van der Waals surface area contributed by atoms with Crippen LogP contribution in [0.25, 0.3) is 10.9 Å². The molecule has 6 heteroatoms. The van der Waals surface area contributed by atoms with Crippen molar-refractivity contribution >= 4 is 28.1 Å². The van der Waals surface area contributed by atoms with Crippen LogP contribution in [0, 0.1) is 11.7 Å². The average Bonchev–Trinajstić information content (AvgIpc) is 3.65. The molecule has 1 amide bonds. The Morgan fingerprint density at radius 3 is 2.60 bits per heavy atom. The van der Waals surface area contributed by atoms with Crippen LogP contribution in [0.2, 0.25) is 0 Å². The monoisotopic (exact) mass is 487 g/mol. The fourth-order valence-electron chi connectivity index (χ4n) is 6.04. The molecule has 2 saturated heterocycles. The Kier molecular flexibility index (Phi) is 6.17. The summed E-state index contributed by atoms with van der Waals surface area (Å²) in [5, 5.41) is 5.39. The number of thiophene rings is 1. The van der Waals surface area contributed by atoms with Gasteiger partial charge >= 0.3 is 0 Å². The van der Waals surface area contributed by atoms with Gasteiger partial charge in [0.1, 0.15) is 5.82 Å². The summed E-state index contributed by atoms with van der Waals surface area (Å²) in [6, 6.07) is 17.2. The third-order valence-electron chi connectivity index (χ3n) is 7.95. The number of aromatic nitrogens is 1. The first-order valence-corrected chi connectivity index (χ1v) is 13.5. The quantitative estimate of drug-likeness (QED) is 0.369. The third-order valence-corrected chi connectivity index (χ3v) is 8.65. The minimum Gasteiger partial charge on any atom is -0.361 e. The minimum atomic E-state index is -0.168. The van der Waals surface area contributed by atoms with Crippen molar-refractivity contribution in [3.63, 3.8) is 0 Å². The Bertz CT molecular complexity index is 1290. The summed E-state index contributed by atoms with van der Waals surface area (Å²) >= 11 is 1.73. The second-order valence-corrected chi connectivity index (χ2v) is 10.8. The summed E-state index contributed by atoms with van der Waals surface area (Å²) in [4.78, 5) is 21.5. The number of piperidine rings is 1. The van der Waals surface area contributed by atoms with Crippen LogP contribution in [0.3, 0.4) is 0 Å². The number of carbonyl (C=O) groups is 1.